The second-order valence-corrected chi connectivity index (χ2v) is 6.24. The molecule has 4 unspecified atom stereocenters. The molecule has 0 radical (unpaired) electrons. The fraction of sp³-hybridized carbons (Fsp3) is 0.600. The number of hydrogen-bond acceptors (Lipinski definition) is 1. The van der Waals surface area contributed by atoms with Crippen LogP contribution in [0.5, 0.6) is 0 Å². The van der Waals surface area contributed by atoms with Crippen molar-refractivity contribution in [1.29, 1.82) is 0 Å². The van der Waals surface area contributed by atoms with E-state index in [-0.39, 0.29) is 11.9 Å². The Bertz CT molecular complexity index is 448. The molecule has 2 fully saturated rings. The van der Waals surface area contributed by atoms with E-state index in [1.54, 1.807) is 6.07 Å². The van der Waals surface area contributed by atoms with Crippen molar-refractivity contribution in [3.05, 3.63) is 34.6 Å². The first-order chi connectivity index (χ1) is 8.63. The Labute approximate surface area is 113 Å². The van der Waals surface area contributed by atoms with Gasteiger partial charge in [0, 0.05) is 17.1 Å². The molecule has 3 heteroatoms. The molecule has 3 rings (SSSR count). The molecule has 4 atom stereocenters. The molecular formula is C15H19ClFN. The normalized spacial score (nSPS) is 31.8. The Morgan fingerprint density at radius 1 is 1.33 bits per heavy atom. The van der Waals surface area contributed by atoms with Crippen molar-refractivity contribution in [2.45, 2.75) is 44.7 Å². The molecule has 98 valence electrons. The summed E-state index contributed by atoms with van der Waals surface area (Å²) in [5, 5.41) is 4.21. The van der Waals surface area contributed by atoms with Crippen LogP contribution in [0.1, 0.15) is 44.2 Å². The predicted octanol–water partition coefficient (Wildman–Crippen LogP) is 4.32. The van der Waals surface area contributed by atoms with E-state index in [0.717, 1.165) is 17.4 Å². The highest BCUT2D eigenvalue weighted by Gasteiger charge is 2.39. The second-order valence-electron chi connectivity index (χ2n) is 5.84. The van der Waals surface area contributed by atoms with Crippen LogP contribution >= 0.6 is 11.6 Å². The number of fused-ring (bicyclic) bond motifs is 2. The molecule has 18 heavy (non-hydrogen) atoms. The van der Waals surface area contributed by atoms with Gasteiger partial charge in [-0.1, -0.05) is 24.1 Å². The van der Waals surface area contributed by atoms with Crippen LogP contribution in [0.4, 0.5) is 4.39 Å². The lowest BCUT2D eigenvalue weighted by molar-refractivity contribution is 0.327. The summed E-state index contributed by atoms with van der Waals surface area (Å²) in [7, 11) is 0. The molecule has 2 aliphatic carbocycles. The minimum absolute atomic E-state index is 0.197. The van der Waals surface area contributed by atoms with Crippen molar-refractivity contribution in [2.24, 2.45) is 11.8 Å². The number of halogens is 2. The first-order valence-electron chi connectivity index (χ1n) is 6.84. The van der Waals surface area contributed by atoms with E-state index in [1.807, 2.05) is 0 Å². The minimum Gasteiger partial charge on any atom is -0.307 e. The Kier molecular flexibility index (Phi) is 3.33. The van der Waals surface area contributed by atoms with Crippen LogP contribution < -0.4 is 5.32 Å². The quantitative estimate of drug-likeness (QED) is 0.860. The molecule has 2 bridgehead atoms. The van der Waals surface area contributed by atoms with Crippen LogP contribution in [0.15, 0.2) is 18.2 Å². The highest BCUT2D eigenvalue weighted by atomic mass is 35.5. The van der Waals surface area contributed by atoms with Gasteiger partial charge in [0.25, 0.3) is 0 Å². The molecule has 2 saturated carbocycles. The van der Waals surface area contributed by atoms with Crippen molar-refractivity contribution >= 4 is 11.6 Å². The van der Waals surface area contributed by atoms with Gasteiger partial charge in [-0.15, -0.1) is 0 Å². The first-order valence-corrected chi connectivity index (χ1v) is 7.22. The van der Waals surface area contributed by atoms with Gasteiger partial charge in [0.2, 0.25) is 0 Å². The van der Waals surface area contributed by atoms with Gasteiger partial charge in [0.15, 0.2) is 0 Å². The molecule has 0 heterocycles. The second kappa shape index (κ2) is 4.82. The highest BCUT2D eigenvalue weighted by Crippen LogP contribution is 2.45. The molecule has 2 aliphatic rings. The summed E-state index contributed by atoms with van der Waals surface area (Å²) in [5.74, 6) is 1.51. The molecule has 0 aromatic heterocycles. The molecule has 1 N–H and O–H groups in total. The molecule has 1 aromatic carbocycles. The number of hydrogen-bond donors (Lipinski definition) is 1. The lowest BCUT2D eigenvalue weighted by Crippen LogP contribution is -2.35. The van der Waals surface area contributed by atoms with Crippen molar-refractivity contribution in [3.63, 3.8) is 0 Å². The van der Waals surface area contributed by atoms with Gasteiger partial charge in [0.1, 0.15) is 5.82 Å². The van der Waals surface area contributed by atoms with Crippen LogP contribution in [0.3, 0.4) is 0 Å². The third kappa shape index (κ3) is 2.28. The first kappa shape index (κ1) is 12.4. The molecule has 0 amide bonds. The largest absolute Gasteiger partial charge is 0.307 e. The van der Waals surface area contributed by atoms with E-state index in [2.05, 4.69) is 12.2 Å². The van der Waals surface area contributed by atoms with E-state index in [4.69, 9.17) is 11.6 Å². The van der Waals surface area contributed by atoms with Crippen molar-refractivity contribution in [1.82, 2.24) is 5.32 Å². The topological polar surface area (TPSA) is 12.0 Å². The summed E-state index contributed by atoms with van der Waals surface area (Å²) < 4.78 is 13.0. The summed E-state index contributed by atoms with van der Waals surface area (Å²) in [5.41, 5.74) is 1.00. The van der Waals surface area contributed by atoms with Crippen LogP contribution in [-0.2, 0) is 0 Å². The zero-order valence-electron chi connectivity index (χ0n) is 10.6. The van der Waals surface area contributed by atoms with Gasteiger partial charge < -0.3 is 5.32 Å². The molecule has 0 aliphatic heterocycles. The summed E-state index contributed by atoms with van der Waals surface area (Å²) in [6, 6.07) is 5.50. The summed E-state index contributed by atoms with van der Waals surface area (Å²) in [4.78, 5) is 0. The lowest BCUT2D eigenvalue weighted by Gasteiger charge is -2.27. The fourth-order valence-corrected chi connectivity index (χ4v) is 4.04. The predicted molar refractivity (Wildman–Crippen MR) is 72.2 cm³/mol. The van der Waals surface area contributed by atoms with Crippen LogP contribution in [0.25, 0.3) is 0 Å². The number of rotatable bonds is 3. The van der Waals surface area contributed by atoms with E-state index >= 15 is 0 Å². The SMILES string of the molecule is CC(NC1CC2CCC1C2)c1ccc(F)cc1Cl. The Hall–Kier alpha value is -0.600. The van der Waals surface area contributed by atoms with E-state index in [0.29, 0.717) is 11.1 Å². The minimum atomic E-state index is -0.268. The summed E-state index contributed by atoms with van der Waals surface area (Å²) >= 11 is 6.11. The van der Waals surface area contributed by atoms with Gasteiger partial charge in [-0.05, 0) is 55.7 Å². The van der Waals surface area contributed by atoms with E-state index in [1.165, 1.54) is 37.8 Å². The molecule has 0 saturated heterocycles. The van der Waals surface area contributed by atoms with E-state index in [9.17, 15) is 4.39 Å². The Balaban J connectivity index is 1.69. The third-order valence-electron chi connectivity index (χ3n) is 4.63. The van der Waals surface area contributed by atoms with Gasteiger partial charge in [-0.3, -0.25) is 0 Å². The zero-order valence-corrected chi connectivity index (χ0v) is 11.4. The van der Waals surface area contributed by atoms with Gasteiger partial charge in [0.05, 0.1) is 0 Å². The number of nitrogens with one attached hydrogen (secondary N) is 1. The van der Waals surface area contributed by atoms with Gasteiger partial charge in [-0.25, -0.2) is 4.39 Å². The maximum Gasteiger partial charge on any atom is 0.124 e. The molecule has 0 spiro atoms. The Morgan fingerprint density at radius 2 is 2.17 bits per heavy atom. The summed E-state index contributed by atoms with van der Waals surface area (Å²) in [6.07, 6.45) is 5.47. The molecular weight excluding hydrogens is 249 g/mol. The summed E-state index contributed by atoms with van der Waals surface area (Å²) in [6.45, 7) is 2.12. The Morgan fingerprint density at radius 3 is 2.78 bits per heavy atom. The van der Waals surface area contributed by atoms with Crippen molar-refractivity contribution < 1.29 is 4.39 Å². The van der Waals surface area contributed by atoms with E-state index < -0.39 is 0 Å². The monoisotopic (exact) mass is 267 g/mol. The molecule has 1 aromatic rings. The zero-order chi connectivity index (χ0) is 12.7. The van der Waals surface area contributed by atoms with Crippen molar-refractivity contribution in [2.75, 3.05) is 0 Å². The van der Waals surface area contributed by atoms with Gasteiger partial charge >= 0.3 is 0 Å². The number of benzene rings is 1. The smallest absolute Gasteiger partial charge is 0.124 e. The fourth-order valence-electron chi connectivity index (χ4n) is 3.71. The molecule has 1 nitrogen and oxygen atoms in total. The average molecular weight is 268 g/mol. The van der Waals surface area contributed by atoms with Crippen LogP contribution in [0, 0.1) is 17.7 Å². The van der Waals surface area contributed by atoms with Crippen LogP contribution in [-0.4, -0.2) is 6.04 Å². The maximum atomic E-state index is 13.0. The average Bonchev–Trinajstić information content (AvgIpc) is 2.90. The third-order valence-corrected chi connectivity index (χ3v) is 4.96. The standard InChI is InChI=1S/C15H19ClFN/c1-9(13-5-4-12(17)8-14(13)16)18-15-7-10-2-3-11(15)6-10/h4-5,8-11,15,18H,2-3,6-7H2,1H3. The van der Waals surface area contributed by atoms with Crippen LogP contribution in [0.2, 0.25) is 5.02 Å². The van der Waals surface area contributed by atoms with Gasteiger partial charge in [-0.2, -0.15) is 0 Å². The lowest BCUT2D eigenvalue weighted by atomic mass is 9.94. The van der Waals surface area contributed by atoms with Crippen molar-refractivity contribution in [3.8, 4) is 0 Å². The highest BCUT2D eigenvalue weighted by molar-refractivity contribution is 6.31. The maximum absolute atomic E-state index is 13.0.